The lowest BCUT2D eigenvalue weighted by Gasteiger charge is -2.33. The quantitative estimate of drug-likeness (QED) is 0.581. The van der Waals surface area contributed by atoms with Crippen molar-refractivity contribution in [1.29, 1.82) is 0 Å². The first kappa shape index (κ1) is 20.2. The number of Topliss-reactive ketones (excluding diaryl/α,β-unsaturated/α-hetero) is 1. The van der Waals surface area contributed by atoms with Crippen LogP contribution in [0.25, 0.3) is 0 Å². The number of fused-ring (bicyclic) bond motifs is 2. The van der Waals surface area contributed by atoms with Gasteiger partial charge in [-0.1, -0.05) is 18.2 Å². The second-order valence-corrected chi connectivity index (χ2v) is 7.67. The average Bonchev–Trinajstić information content (AvgIpc) is 3.15. The van der Waals surface area contributed by atoms with E-state index in [2.05, 4.69) is 5.32 Å². The minimum atomic E-state index is -1.18. The summed E-state index contributed by atoms with van der Waals surface area (Å²) in [6, 6.07) is 8.42. The maximum Gasteiger partial charge on any atom is 0.325 e. The second kappa shape index (κ2) is 7.60. The van der Waals surface area contributed by atoms with Crippen molar-refractivity contribution in [1.82, 2.24) is 14.8 Å². The zero-order valence-corrected chi connectivity index (χ0v) is 17.4. The molecule has 158 valence electrons. The Morgan fingerprint density at radius 1 is 1.27 bits per heavy atom. The van der Waals surface area contributed by atoms with E-state index in [1.165, 1.54) is 0 Å². The van der Waals surface area contributed by atoms with Gasteiger partial charge in [0, 0.05) is 42.6 Å². The van der Waals surface area contributed by atoms with Gasteiger partial charge in [0.05, 0.1) is 19.8 Å². The van der Waals surface area contributed by atoms with Crippen molar-refractivity contribution < 1.29 is 23.9 Å². The molecule has 0 aliphatic carbocycles. The van der Waals surface area contributed by atoms with E-state index in [9.17, 15) is 14.4 Å². The molecule has 1 atom stereocenters. The Morgan fingerprint density at radius 3 is 2.80 bits per heavy atom. The lowest BCUT2D eigenvalue weighted by molar-refractivity contribution is -0.132. The Labute approximate surface area is 174 Å². The van der Waals surface area contributed by atoms with Gasteiger partial charge in [-0.25, -0.2) is 4.79 Å². The Hall–Kier alpha value is -3.13. The molecule has 2 aromatic rings. The molecule has 1 N–H and O–H groups in total. The van der Waals surface area contributed by atoms with Crippen LogP contribution < -0.4 is 10.1 Å². The number of rotatable bonds is 6. The van der Waals surface area contributed by atoms with Gasteiger partial charge in [0.25, 0.3) is 5.91 Å². The molecule has 2 aliphatic rings. The van der Waals surface area contributed by atoms with Gasteiger partial charge in [-0.2, -0.15) is 0 Å². The van der Waals surface area contributed by atoms with Crippen molar-refractivity contribution in [2.75, 3.05) is 26.9 Å². The molecular formula is C22H25N3O5. The number of benzene rings is 1. The minimum Gasteiger partial charge on any atom is -0.493 e. The summed E-state index contributed by atoms with van der Waals surface area (Å²) in [5.74, 6) is -0.107. The molecule has 2 aliphatic heterocycles. The number of imide groups is 1. The van der Waals surface area contributed by atoms with E-state index in [-0.39, 0.29) is 12.3 Å². The van der Waals surface area contributed by atoms with Crippen LogP contribution in [-0.4, -0.2) is 54.1 Å². The van der Waals surface area contributed by atoms with Crippen LogP contribution >= 0.6 is 0 Å². The number of ether oxygens (including phenoxy) is 2. The van der Waals surface area contributed by atoms with Gasteiger partial charge in [-0.05, 0) is 26.0 Å². The molecule has 1 spiro atoms. The van der Waals surface area contributed by atoms with Crippen LogP contribution in [0, 0.1) is 13.8 Å². The van der Waals surface area contributed by atoms with Crippen LogP contribution in [0.2, 0.25) is 0 Å². The van der Waals surface area contributed by atoms with E-state index >= 15 is 0 Å². The minimum absolute atomic E-state index is 0.271. The number of hydrogen-bond donors (Lipinski definition) is 1. The molecule has 3 amide bonds. The van der Waals surface area contributed by atoms with E-state index in [1.54, 1.807) is 31.4 Å². The van der Waals surface area contributed by atoms with Crippen molar-refractivity contribution in [3.63, 3.8) is 0 Å². The molecule has 1 saturated heterocycles. The highest BCUT2D eigenvalue weighted by atomic mass is 16.5. The molecule has 0 bridgehead atoms. The van der Waals surface area contributed by atoms with E-state index in [4.69, 9.17) is 9.47 Å². The van der Waals surface area contributed by atoms with E-state index in [0.717, 1.165) is 16.3 Å². The number of ketones is 1. The fourth-order valence-electron chi connectivity index (χ4n) is 4.35. The van der Waals surface area contributed by atoms with Gasteiger partial charge in [-0.3, -0.25) is 14.5 Å². The smallest absolute Gasteiger partial charge is 0.325 e. The fourth-order valence-corrected chi connectivity index (χ4v) is 4.35. The highest BCUT2D eigenvalue weighted by molar-refractivity contribution is 6.12. The first-order valence-corrected chi connectivity index (χ1v) is 9.94. The van der Waals surface area contributed by atoms with Crippen LogP contribution in [0.5, 0.6) is 5.75 Å². The van der Waals surface area contributed by atoms with Gasteiger partial charge in [0.15, 0.2) is 11.3 Å². The number of para-hydroxylation sites is 1. The number of nitrogens with one attached hydrogen (secondary N) is 1. The largest absolute Gasteiger partial charge is 0.493 e. The molecule has 0 radical (unpaired) electrons. The lowest BCUT2D eigenvalue weighted by Crippen LogP contribution is -2.47. The molecule has 4 rings (SSSR count). The summed E-state index contributed by atoms with van der Waals surface area (Å²) < 4.78 is 12.8. The number of aromatic nitrogens is 1. The van der Waals surface area contributed by atoms with Crippen molar-refractivity contribution in [3.05, 3.63) is 52.8 Å². The van der Waals surface area contributed by atoms with Crippen molar-refractivity contribution in [2.24, 2.45) is 0 Å². The van der Waals surface area contributed by atoms with Gasteiger partial charge in [-0.15, -0.1) is 0 Å². The Kier molecular flexibility index (Phi) is 5.11. The Balaban J connectivity index is 1.59. The fraction of sp³-hybridized carbons (Fsp3) is 0.409. The van der Waals surface area contributed by atoms with E-state index in [0.29, 0.717) is 43.1 Å². The lowest BCUT2D eigenvalue weighted by atomic mass is 9.84. The Bertz CT molecular complexity index is 1030. The SMILES string of the molecule is COCCn1c(C)cc(C(=O)CN2C(=O)N[C@@]3(CCOc4ccccc43)C2=O)c1C. The summed E-state index contributed by atoms with van der Waals surface area (Å²) in [4.78, 5) is 40.1. The number of hydrogen-bond acceptors (Lipinski definition) is 5. The first-order valence-electron chi connectivity index (χ1n) is 9.94. The molecule has 30 heavy (non-hydrogen) atoms. The average molecular weight is 411 g/mol. The number of aryl methyl sites for hydroxylation is 1. The van der Waals surface area contributed by atoms with E-state index in [1.807, 2.05) is 24.5 Å². The number of nitrogens with zero attached hydrogens (tertiary/aromatic N) is 2. The monoisotopic (exact) mass is 411 g/mol. The number of methoxy groups -OCH3 is 1. The van der Waals surface area contributed by atoms with Gasteiger partial charge in [0.1, 0.15) is 5.75 Å². The van der Waals surface area contributed by atoms with Crippen molar-refractivity contribution in [3.8, 4) is 5.75 Å². The summed E-state index contributed by atoms with van der Waals surface area (Å²) in [6.07, 6.45) is 0.324. The van der Waals surface area contributed by atoms with Gasteiger partial charge >= 0.3 is 6.03 Å². The molecule has 3 heterocycles. The van der Waals surface area contributed by atoms with Crippen molar-refractivity contribution in [2.45, 2.75) is 32.4 Å². The number of carbonyl (C=O) groups excluding carboxylic acids is 3. The highest BCUT2D eigenvalue weighted by Crippen LogP contribution is 2.41. The van der Waals surface area contributed by atoms with Crippen LogP contribution in [0.1, 0.15) is 33.7 Å². The van der Waals surface area contributed by atoms with E-state index < -0.39 is 17.5 Å². The summed E-state index contributed by atoms with van der Waals surface area (Å²) in [5, 5.41) is 2.82. The summed E-state index contributed by atoms with van der Waals surface area (Å²) in [5.41, 5.74) is 1.69. The standard InChI is InChI=1S/C22H25N3O5/c1-14-12-16(15(2)24(14)9-11-29-3)18(26)13-25-20(27)22(23-21(25)28)8-10-30-19-7-5-4-6-17(19)22/h4-7,12H,8-11,13H2,1-3H3,(H,23,28)/t22-/m1/s1. The number of urea groups is 1. The first-order chi connectivity index (χ1) is 14.4. The predicted octanol–water partition coefficient (Wildman–Crippen LogP) is 2.16. The zero-order valence-electron chi connectivity index (χ0n) is 17.4. The maximum atomic E-state index is 13.3. The van der Waals surface area contributed by atoms with Crippen LogP contribution in [0.4, 0.5) is 4.79 Å². The molecule has 8 nitrogen and oxygen atoms in total. The molecule has 0 unspecified atom stereocenters. The normalized spacial score (nSPS) is 20.3. The summed E-state index contributed by atoms with van der Waals surface area (Å²) >= 11 is 0. The van der Waals surface area contributed by atoms with Gasteiger partial charge < -0.3 is 19.4 Å². The second-order valence-electron chi connectivity index (χ2n) is 7.67. The predicted molar refractivity (Wildman–Crippen MR) is 109 cm³/mol. The zero-order chi connectivity index (χ0) is 21.5. The highest BCUT2D eigenvalue weighted by Gasteiger charge is 2.55. The van der Waals surface area contributed by atoms with Crippen molar-refractivity contribution >= 4 is 17.7 Å². The molecule has 1 fully saturated rings. The van der Waals surface area contributed by atoms with Crippen LogP contribution in [-0.2, 0) is 21.6 Å². The number of amides is 3. The Morgan fingerprint density at radius 2 is 2.03 bits per heavy atom. The van der Waals surface area contributed by atoms with Gasteiger partial charge in [0.2, 0.25) is 0 Å². The molecule has 1 aromatic carbocycles. The topological polar surface area (TPSA) is 89.9 Å². The molecule has 0 saturated carbocycles. The summed E-state index contributed by atoms with van der Waals surface area (Å²) in [7, 11) is 1.63. The summed E-state index contributed by atoms with van der Waals surface area (Å²) in [6.45, 7) is 4.94. The third-order valence-electron chi connectivity index (χ3n) is 5.95. The molecule has 8 heteroatoms. The third kappa shape index (κ3) is 3.08. The van der Waals surface area contributed by atoms with Crippen LogP contribution in [0.15, 0.2) is 30.3 Å². The molecule has 1 aromatic heterocycles. The third-order valence-corrected chi connectivity index (χ3v) is 5.95. The number of carbonyl (C=O) groups is 3. The maximum absolute atomic E-state index is 13.3. The molecular weight excluding hydrogens is 386 g/mol. The van der Waals surface area contributed by atoms with Crippen LogP contribution in [0.3, 0.4) is 0 Å².